The summed E-state index contributed by atoms with van der Waals surface area (Å²) in [5.41, 5.74) is 5.39. The number of nitrogens with one attached hydrogen (secondary N) is 1. The van der Waals surface area contributed by atoms with Crippen LogP contribution in [0.4, 0.5) is 10.1 Å². The summed E-state index contributed by atoms with van der Waals surface area (Å²) in [7, 11) is -3.68. The van der Waals surface area contributed by atoms with E-state index < -0.39 is 15.8 Å². The number of nitrogens with two attached hydrogens (primary N) is 1. The number of hydrogen-bond donors (Lipinski definition) is 2. The van der Waals surface area contributed by atoms with Crippen molar-refractivity contribution in [2.24, 2.45) is 0 Å². The Hall–Kier alpha value is -1.05. The number of rotatable bonds is 7. The van der Waals surface area contributed by atoms with Crippen molar-refractivity contribution in [2.75, 3.05) is 23.8 Å². The van der Waals surface area contributed by atoms with E-state index in [1.807, 2.05) is 0 Å². The molecule has 0 saturated heterocycles. The van der Waals surface area contributed by atoms with Gasteiger partial charge in [-0.25, -0.2) is 17.5 Å². The molecule has 1 aromatic carbocycles. The molecular formula is C11H15FN2O2S2. The predicted octanol–water partition coefficient (Wildman–Crippen LogP) is 1.61. The SMILES string of the molecule is C=CCSCCNS(=O)(=O)c1ccc(F)cc1N. The molecule has 0 aliphatic heterocycles. The number of thioether (sulfide) groups is 1. The third kappa shape index (κ3) is 4.32. The molecule has 18 heavy (non-hydrogen) atoms. The molecule has 0 aliphatic carbocycles. The second-order valence-electron chi connectivity index (χ2n) is 3.44. The number of nitrogen functional groups attached to an aromatic ring is 1. The minimum Gasteiger partial charge on any atom is -0.398 e. The number of anilines is 1. The van der Waals surface area contributed by atoms with Crippen molar-refractivity contribution in [3.63, 3.8) is 0 Å². The van der Waals surface area contributed by atoms with Gasteiger partial charge >= 0.3 is 0 Å². The average molecular weight is 290 g/mol. The Balaban J connectivity index is 2.65. The van der Waals surface area contributed by atoms with Crippen LogP contribution in [0.3, 0.4) is 0 Å². The summed E-state index contributed by atoms with van der Waals surface area (Å²) in [5, 5.41) is 0. The molecular weight excluding hydrogens is 275 g/mol. The van der Waals surface area contributed by atoms with Gasteiger partial charge in [-0.2, -0.15) is 11.8 Å². The smallest absolute Gasteiger partial charge is 0.242 e. The first kappa shape index (κ1) is 15.0. The van der Waals surface area contributed by atoms with Crippen molar-refractivity contribution < 1.29 is 12.8 Å². The fraction of sp³-hybridized carbons (Fsp3) is 0.273. The van der Waals surface area contributed by atoms with E-state index in [1.165, 1.54) is 0 Å². The summed E-state index contributed by atoms with van der Waals surface area (Å²) in [6.07, 6.45) is 1.75. The summed E-state index contributed by atoms with van der Waals surface area (Å²) in [6, 6.07) is 3.21. The monoisotopic (exact) mass is 290 g/mol. The Morgan fingerprint density at radius 1 is 1.50 bits per heavy atom. The molecule has 0 fully saturated rings. The van der Waals surface area contributed by atoms with Crippen LogP contribution in [0.2, 0.25) is 0 Å². The standard InChI is InChI=1S/C11H15FN2O2S2/c1-2-6-17-7-5-14-18(15,16)11-4-3-9(12)8-10(11)13/h2-4,8,14H,1,5-7,13H2. The van der Waals surface area contributed by atoms with Crippen molar-refractivity contribution in [1.29, 1.82) is 0 Å². The highest BCUT2D eigenvalue weighted by molar-refractivity contribution is 7.99. The molecule has 3 N–H and O–H groups in total. The Morgan fingerprint density at radius 3 is 2.83 bits per heavy atom. The molecule has 0 saturated carbocycles. The van der Waals surface area contributed by atoms with E-state index in [4.69, 9.17) is 5.73 Å². The number of benzene rings is 1. The van der Waals surface area contributed by atoms with Crippen LogP contribution in [0.1, 0.15) is 0 Å². The second-order valence-corrected chi connectivity index (χ2v) is 6.33. The number of hydrogen-bond acceptors (Lipinski definition) is 4. The Morgan fingerprint density at radius 2 is 2.22 bits per heavy atom. The zero-order valence-corrected chi connectivity index (χ0v) is 11.4. The van der Waals surface area contributed by atoms with E-state index in [-0.39, 0.29) is 17.1 Å². The molecule has 1 rings (SSSR count). The number of halogens is 1. The van der Waals surface area contributed by atoms with E-state index in [1.54, 1.807) is 17.8 Å². The molecule has 7 heteroatoms. The van der Waals surface area contributed by atoms with Crippen LogP contribution < -0.4 is 10.5 Å². The van der Waals surface area contributed by atoms with Crippen LogP contribution in [0.25, 0.3) is 0 Å². The van der Waals surface area contributed by atoms with Gasteiger partial charge in [0.05, 0.1) is 5.69 Å². The van der Waals surface area contributed by atoms with Gasteiger partial charge in [0.15, 0.2) is 0 Å². The molecule has 1 aromatic rings. The van der Waals surface area contributed by atoms with Crippen molar-refractivity contribution in [3.05, 3.63) is 36.7 Å². The van der Waals surface area contributed by atoms with E-state index in [0.717, 1.165) is 24.0 Å². The first-order valence-corrected chi connectivity index (χ1v) is 7.84. The molecule has 100 valence electrons. The number of sulfonamides is 1. The molecule has 0 bridgehead atoms. The largest absolute Gasteiger partial charge is 0.398 e. The molecule has 0 aromatic heterocycles. The maximum absolute atomic E-state index is 12.8. The van der Waals surface area contributed by atoms with E-state index in [2.05, 4.69) is 11.3 Å². The van der Waals surface area contributed by atoms with Crippen LogP contribution in [0.15, 0.2) is 35.7 Å². The summed E-state index contributed by atoms with van der Waals surface area (Å²) < 4.78 is 38.9. The predicted molar refractivity (Wildman–Crippen MR) is 73.5 cm³/mol. The summed E-state index contributed by atoms with van der Waals surface area (Å²) in [6.45, 7) is 3.85. The van der Waals surface area contributed by atoms with Gasteiger partial charge in [0, 0.05) is 18.1 Å². The quantitative estimate of drug-likeness (QED) is 0.454. The highest BCUT2D eigenvalue weighted by Gasteiger charge is 2.16. The second kappa shape index (κ2) is 6.77. The van der Waals surface area contributed by atoms with Crippen LogP contribution in [-0.2, 0) is 10.0 Å². The zero-order chi connectivity index (χ0) is 13.6. The Kier molecular flexibility index (Phi) is 5.64. The molecule has 0 atom stereocenters. The van der Waals surface area contributed by atoms with Crippen LogP contribution in [0, 0.1) is 5.82 Å². The topological polar surface area (TPSA) is 72.2 Å². The third-order valence-corrected chi connectivity index (χ3v) is 4.53. The van der Waals surface area contributed by atoms with Crippen molar-refractivity contribution in [2.45, 2.75) is 4.90 Å². The molecule has 4 nitrogen and oxygen atoms in total. The molecule has 0 aliphatic rings. The first-order chi connectivity index (χ1) is 8.47. The lowest BCUT2D eigenvalue weighted by atomic mass is 10.3. The molecule has 0 spiro atoms. The van der Waals surface area contributed by atoms with Gasteiger partial charge in [0.2, 0.25) is 10.0 Å². The Bertz CT molecular complexity index is 518. The fourth-order valence-corrected chi connectivity index (χ4v) is 3.11. The van der Waals surface area contributed by atoms with E-state index in [9.17, 15) is 12.8 Å². The summed E-state index contributed by atoms with van der Waals surface area (Å²) >= 11 is 1.56. The lowest BCUT2D eigenvalue weighted by molar-refractivity contribution is 0.584. The molecule has 0 radical (unpaired) electrons. The minimum atomic E-state index is -3.68. The normalized spacial score (nSPS) is 11.4. The average Bonchev–Trinajstić information content (AvgIpc) is 2.28. The zero-order valence-electron chi connectivity index (χ0n) is 9.73. The molecule has 0 heterocycles. The van der Waals surface area contributed by atoms with Gasteiger partial charge in [-0.3, -0.25) is 0 Å². The van der Waals surface area contributed by atoms with E-state index in [0.29, 0.717) is 5.75 Å². The first-order valence-electron chi connectivity index (χ1n) is 5.20. The van der Waals surface area contributed by atoms with Gasteiger partial charge in [0.1, 0.15) is 10.7 Å². The van der Waals surface area contributed by atoms with Crippen molar-refractivity contribution in [3.8, 4) is 0 Å². The lowest BCUT2D eigenvalue weighted by Gasteiger charge is -2.08. The van der Waals surface area contributed by atoms with Crippen LogP contribution in [0.5, 0.6) is 0 Å². The van der Waals surface area contributed by atoms with Gasteiger partial charge < -0.3 is 5.73 Å². The van der Waals surface area contributed by atoms with Crippen molar-refractivity contribution in [1.82, 2.24) is 4.72 Å². The van der Waals surface area contributed by atoms with Crippen LogP contribution in [-0.4, -0.2) is 26.5 Å². The minimum absolute atomic E-state index is 0.0961. The van der Waals surface area contributed by atoms with Gasteiger partial charge in [0.25, 0.3) is 0 Å². The fourth-order valence-electron chi connectivity index (χ4n) is 1.26. The van der Waals surface area contributed by atoms with Gasteiger partial charge in [-0.1, -0.05) is 6.08 Å². The summed E-state index contributed by atoms with van der Waals surface area (Å²) in [5.74, 6) is 0.834. The third-order valence-electron chi connectivity index (χ3n) is 2.04. The van der Waals surface area contributed by atoms with E-state index >= 15 is 0 Å². The maximum Gasteiger partial charge on any atom is 0.242 e. The van der Waals surface area contributed by atoms with Gasteiger partial charge in [-0.05, 0) is 18.2 Å². The highest BCUT2D eigenvalue weighted by atomic mass is 32.2. The highest BCUT2D eigenvalue weighted by Crippen LogP contribution is 2.18. The molecule has 0 amide bonds. The van der Waals surface area contributed by atoms with Crippen molar-refractivity contribution >= 4 is 27.5 Å². The molecule has 0 unspecified atom stereocenters. The Labute approximate surface area is 111 Å². The van der Waals surface area contributed by atoms with Gasteiger partial charge in [-0.15, -0.1) is 6.58 Å². The summed E-state index contributed by atoms with van der Waals surface area (Å²) in [4.78, 5) is -0.0994. The lowest BCUT2D eigenvalue weighted by Crippen LogP contribution is -2.26. The van der Waals surface area contributed by atoms with Crippen LogP contribution >= 0.6 is 11.8 Å². The maximum atomic E-state index is 12.8.